The minimum absolute atomic E-state index is 0.0514. The van der Waals surface area contributed by atoms with E-state index in [0.717, 1.165) is 16.1 Å². The zero-order valence-corrected chi connectivity index (χ0v) is 17.0. The second-order valence-electron chi connectivity index (χ2n) is 6.52. The number of primary amides is 1. The lowest BCUT2D eigenvalue weighted by Gasteiger charge is -2.30. The standard InChI is InChI=1S/C16H19F2N5O4S2/c1-2-9-7-11(22-21-9)14(25)20-15-10(13(19)24)8-12(28-15)29(26,27)23-5-3-16(17,18)4-6-23/h7-8H,2-6H2,1H3,(H2,19,24)(H,20,25)(H,21,22). The van der Waals surface area contributed by atoms with Gasteiger partial charge in [-0.15, -0.1) is 11.3 Å². The van der Waals surface area contributed by atoms with Crippen LogP contribution in [0, 0.1) is 0 Å². The maximum Gasteiger partial charge on any atom is 0.276 e. The summed E-state index contributed by atoms with van der Waals surface area (Å²) in [6.45, 7) is 1.19. The number of nitrogens with one attached hydrogen (secondary N) is 2. The van der Waals surface area contributed by atoms with Gasteiger partial charge < -0.3 is 11.1 Å². The van der Waals surface area contributed by atoms with Gasteiger partial charge >= 0.3 is 0 Å². The average Bonchev–Trinajstić information content (AvgIpc) is 3.28. The molecule has 3 heterocycles. The summed E-state index contributed by atoms with van der Waals surface area (Å²) in [7, 11) is -4.11. The van der Waals surface area contributed by atoms with Gasteiger partial charge in [-0.1, -0.05) is 6.92 Å². The Kier molecular flexibility index (Phi) is 5.74. The third kappa shape index (κ3) is 4.46. The molecule has 0 radical (unpaired) electrons. The first kappa shape index (κ1) is 21.3. The summed E-state index contributed by atoms with van der Waals surface area (Å²) in [5.41, 5.74) is 5.91. The molecule has 0 bridgehead atoms. The van der Waals surface area contributed by atoms with Crippen LogP contribution in [0.2, 0.25) is 0 Å². The number of halogens is 2. The molecule has 1 saturated heterocycles. The minimum Gasteiger partial charge on any atom is -0.366 e. The van der Waals surface area contributed by atoms with Crippen molar-refractivity contribution in [2.24, 2.45) is 5.73 Å². The summed E-state index contributed by atoms with van der Waals surface area (Å²) in [5, 5.41) is 8.93. The van der Waals surface area contributed by atoms with E-state index in [-0.39, 0.29) is 33.6 Å². The molecule has 2 aromatic rings. The van der Waals surface area contributed by atoms with E-state index in [1.54, 1.807) is 0 Å². The lowest BCUT2D eigenvalue weighted by atomic mass is 10.1. The number of hydrogen-bond donors (Lipinski definition) is 3. The zero-order chi connectivity index (χ0) is 21.4. The summed E-state index contributed by atoms with van der Waals surface area (Å²) in [5.74, 6) is -4.48. The van der Waals surface area contributed by atoms with E-state index < -0.39 is 40.6 Å². The number of hydrogen-bond acceptors (Lipinski definition) is 6. The predicted octanol–water partition coefficient (Wildman–Crippen LogP) is 1.80. The van der Waals surface area contributed by atoms with Crippen molar-refractivity contribution in [1.29, 1.82) is 0 Å². The van der Waals surface area contributed by atoms with Crippen LogP contribution in [0.5, 0.6) is 0 Å². The molecule has 2 amide bonds. The fraction of sp³-hybridized carbons (Fsp3) is 0.438. The molecule has 0 saturated carbocycles. The number of carbonyl (C=O) groups is 2. The number of nitrogens with zero attached hydrogens (tertiary/aromatic N) is 2. The molecule has 158 valence electrons. The largest absolute Gasteiger partial charge is 0.366 e. The molecule has 29 heavy (non-hydrogen) atoms. The summed E-state index contributed by atoms with van der Waals surface area (Å²) in [4.78, 5) is 24.1. The van der Waals surface area contributed by atoms with E-state index in [4.69, 9.17) is 5.73 Å². The Morgan fingerprint density at radius 3 is 2.55 bits per heavy atom. The van der Waals surface area contributed by atoms with Crippen molar-refractivity contribution in [1.82, 2.24) is 14.5 Å². The molecule has 1 aliphatic rings. The molecule has 13 heteroatoms. The topological polar surface area (TPSA) is 138 Å². The number of nitrogens with two attached hydrogens (primary N) is 1. The maximum atomic E-state index is 13.3. The van der Waals surface area contributed by atoms with Crippen LogP contribution in [0.4, 0.5) is 13.8 Å². The lowest BCUT2D eigenvalue weighted by molar-refractivity contribution is -0.0411. The number of rotatable bonds is 6. The van der Waals surface area contributed by atoms with Crippen molar-refractivity contribution in [3.05, 3.63) is 29.1 Å². The highest BCUT2D eigenvalue weighted by Crippen LogP contribution is 2.36. The Labute approximate surface area is 169 Å². The molecule has 0 aromatic carbocycles. The lowest BCUT2D eigenvalue weighted by Crippen LogP contribution is -2.42. The van der Waals surface area contributed by atoms with Gasteiger partial charge in [0.15, 0.2) is 5.69 Å². The van der Waals surface area contributed by atoms with Crippen molar-refractivity contribution in [3.8, 4) is 0 Å². The normalized spacial score (nSPS) is 17.2. The number of anilines is 1. The first-order chi connectivity index (χ1) is 13.5. The summed E-state index contributed by atoms with van der Waals surface area (Å²) in [6, 6.07) is 2.57. The molecule has 1 fully saturated rings. The van der Waals surface area contributed by atoms with Gasteiger partial charge in [0.05, 0.1) is 5.56 Å². The predicted molar refractivity (Wildman–Crippen MR) is 102 cm³/mol. The number of amides is 2. The third-order valence-electron chi connectivity index (χ3n) is 4.49. The van der Waals surface area contributed by atoms with Crippen LogP contribution in [-0.4, -0.2) is 53.7 Å². The number of piperidine rings is 1. The highest BCUT2D eigenvalue weighted by molar-refractivity contribution is 7.91. The molecule has 3 rings (SSSR count). The third-order valence-corrected chi connectivity index (χ3v) is 7.89. The van der Waals surface area contributed by atoms with E-state index in [9.17, 15) is 26.8 Å². The van der Waals surface area contributed by atoms with Gasteiger partial charge in [0.2, 0.25) is 0 Å². The highest BCUT2D eigenvalue weighted by atomic mass is 32.2. The van der Waals surface area contributed by atoms with Crippen molar-refractivity contribution in [2.75, 3.05) is 18.4 Å². The maximum absolute atomic E-state index is 13.3. The number of sulfonamides is 1. The van der Waals surface area contributed by atoms with Gasteiger partial charge in [0.25, 0.3) is 27.8 Å². The van der Waals surface area contributed by atoms with Gasteiger partial charge in [-0.3, -0.25) is 14.7 Å². The van der Waals surface area contributed by atoms with Gasteiger partial charge in [0, 0.05) is 31.6 Å². The Hall–Kier alpha value is -2.38. The van der Waals surface area contributed by atoms with Crippen LogP contribution >= 0.6 is 11.3 Å². The molecule has 2 aromatic heterocycles. The Morgan fingerprint density at radius 1 is 1.34 bits per heavy atom. The van der Waals surface area contributed by atoms with E-state index >= 15 is 0 Å². The van der Waals surface area contributed by atoms with Gasteiger partial charge in [0.1, 0.15) is 9.21 Å². The van der Waals surface area contributed by atoms with E-state index in [1.165, 1.54) is 6.07 Å². The Balaban J connectivity index is 1.86. The molecule has 0 atom stereocenters. The minimum atomic E-state index is -4.11. The number of carbonyl (C=O) groups excluding carboxylic acids is 2. The summed E-state index contributed by atoms with van der Waals surface area (Å²) >= 11 is 0.636. The van der Waals surface area contributed by atoms with Crippen LogP contribution < -0.4 is 11.1 Å². The van der Waals surface area contributed by atoms with Crippen LogP contribution in [0.15, 0.2) is 16.3 Å². The Bertz CT molecular complexity index is 1040. The second-order valence-corrected chi connectivity index (χ2v) is 9.74. The fourth-order valence-corrected chi connectivity index (χ4v) is 5.74. The number of thiophene rings is 1. The Morgan fingerprint density at radius 2 is 2.00 bits per heavy atom. The van der Waals surface area contributed by atoms with Gasteiger partial charge in [-0.2, -0.15) is 9.40 Å². The first-order valence-corrected chi connectivity index (χ1v) is 11.0. The number of aromatic amines is 1. The molecule has 0 spiro atoms. The second kappa shape index (κ2) is 7.80. The number of aromatic nitrogens is 2. The highest BCUT2D eigenvalue weighted by Gasteiger charge is 2.39. The quantitative estimate of drug-likeness (QED) is 0.620. The molecule has 4 N–H and O–H groups in total. The molecular weight excluding hydrogens is 428 g/mol. The SMILES string of the molecule is CCc1cc(C(=O)Nc2sc(S(=O)(=O)N3CCC(F)(F)CC3)cc2C(N)=O)n[nH]1. The summed E-state index contributed by atoms with van der Waals surface area (Å²) in [6.07, 6.45) is -0.533. The summed E-state index contributed by atoms with van der Waals surface area (Å²) < 4.78 is 52.9. The molecule has 0 unspecified atom stereocenters. The zero-order valence-electron chi connectivity index (χ0n) is 15.4. The van der Waals surface area contributed by atoms with E-state index in [1.807, 2.05) is 6.92 Å². The van der Waals surface area contributed by atoms with Crippen molar-refractivity contribution < 1.29 is 26.8 Å². The van der Waals surface area contributed by atoms with Crippen molar-refractivity contribution >= 4 is 38.2 Å². The number of alkyl halides is 2. The van der Waals surface area contributed by atoms with Crippen molar-refractivity contribution in [2.45, 2.75) is 36.3 Å². The van der Waals surface area contributed by atoms with E-state index in [0.29, 0.717) is 17.8 Å². The van der Waals surface area contributed by atoms with Crippen LogP contribution in [0.25, 0.3) is 0 Å². The molecule has 9 nitrogen and oxygen atoms in total. The van der Waals surface area contributed by atoms with Gasteiger partial charge in [-0.05, 0) is 18.6 Å². The molecule has 1 aliphatic heterocycles. The molecular formula is C16H19F2N5O4S2. The van der Waals surface area contributed by atoms with Gasteiger partial charge in [-0.25, -0.2) is 17.2 Å². The smallest absolute Gasteiger partial charge is 0.276 e. The van der Waals surface area contributed by atoms with Crippen molar-refractivity contribution in [3.63, 3.8) is 0 Å². The average molecular weight is 447 g/mol. The van der Waals surface area contributed by atoms with E-state index in [2.05, 4.69) is 15.5 Å². The number of aryl methyl sites for hydroxylation is 1. The molecule has 0 aliphatic carbocycles. The van der Waals surface area contributed by atoms with Crippen LogP contribution in [-0.2, 0) is 16.4 Å². The number of H-pyrrole nitrogens is 1. The van der Waals surface area contributed by atoms with Crippen LogP contribution in [0.3, 0.4) is 0 Å². The first-order valence-electron chi connectivity index (χ1n) is 8.71. The fourth-order valence-electron chi connectivity index (χ4n) is 2.78. The van der Waals surface area contributed by atoms with Crippen LogP contribution in [0.1, 0.15) is 46.3 Å². The monoisotopic (exact) mass is 447 g/mol.